The first-order chi connectivity index (χ1) is 16.6. The average Bonchev–Trinajstić information content (AvgIpc) is 2.92. The van der Waals surface area contributed by atoms with Crippen LogP contribution in [0.15, 0.2) is 103 Å². The monoisotopic (exact) mass is 464 g/mol. The molecule has 0 aromatic heterocycles. The van der Waals surface area contributed by atoms with E-state index in [1.54, 1.807) is 0 Å². The lowest BCUT2D eigenvalue weighted by molar-refractivity contribution is -0.146. The molecule has 0 spiro atoms. The molecule has 4 heteroatoms. The first kappa shape index (κ1) is 21.1. The molecule has 4 aromatic rings. The molecule has 168 valence electrons. The lowest BCUT2D eigenvalue weighted by Gasteiger charge is -2.44. The SMILES string of the molecule is COC(=O)[C@H]1C[C@H]2c3ccccc3[C@@H]1c1cc(P(=O)(c3ccccc3)c3ccccc3)ccc12. The molecule has 3 nitrogen and oxygen atoms in total. The first-order valence-electron chi connectivity index (χ1n) is 11.6. The van der Waals surface area contributed by atoms with Crippen molar-refractivity contribution in [3.8, 4) is 0 Å². The highest BCUT2D eigenvalue weighted by atomic mass is 31.2. The number of esters is 1. The summed E-state index contributed by atoms with van der Waals surface area (Å²) >= 11 is 0. The summed E-state index contributed by atoms with van der Waals surface area (Å²) in [6, 6.07) is 34.2. The summed E-state index contributed by atoms with van der Waals surface area (Å²) in [6.07, 6.45) is 0.746. The van der Waals surface area contributed by atoms with Crippen LogP contribution in [0.4, 0.5) is 0 Å². The van der Waals surface area contributed by atoms with Crippen LogP contribution >= 0.6 is 7.14 Å². The molecule has 0 heterocycles. The van der Waals surface area contributed by atoms with Gasteiger partial charge in [-0.1, -0.05) is 97.1 Å². The zero-order chi connectivity index (χ0) is 23.3. The number of ether oxygens (including phenoxy) is 1. The van der Waals surface area contributed by atoms with Crippen LogP contribution in [0.25, 0.3) is 0 Å². The number of rotatable bonds is 4. The van der Waals surface area contributed by atoms with Crippen LogP contribution in [0.3, 0.4) is 0 Å². The van der Waals surface area contributed by atoms with Gasteiger partial charge in [0.05, 0.1) is 13.0 Å². The van der Waals surface area contributed by atoms with Crippen LogP contribution in [0.1, 0.15) is 40.5 Å². The van der Waals surface area contributed by atoms with Crippen molar-refractivity contribution in [2.45, 2.75) is 18.3 Å². The summed E-state index contributed by atoms with van der Waals surface area (Å²) in [5.74, 6) is -0.360. The number of benzene rings is 4. The van der Waals surface area contributed by atoms with Crippen molar-refractivity contribution in [1.29, 1.82) is 0 Å². The van der Waals surface area contributed by atoms with Crippen molar-refractivity contribution < 1.29 is 14.1 Å². The van der Waals surface area contributed by atoms with Gasteiger partial charge in [0.15, 0.2) is 7.14 Å². The molecule has 0 N–H and O–H groups in total. The van der Waals surface area contributed by atoms with Gasteiger partial charge in [0, 0.05) is 27.7 Å². The fourth-order valence-corrected chi connectivity index (χ4v) is 8.66. The summed E-state index contributed by atoms with van der Waals surface area (Å²) in [7, 11) is -1.63. The van der Waals surface area contributed by atoms with E-state index in [9.17, 15) is 9.36 Å². The van der Waals surface area contributed by atoms with Crippen LogP contribution in [0.2, 0.25) is 0 Å². The number of carbonyl (C=O) groups is 1. The van der Waals surface area contributed by atoms with E-state index in [0.29, 0.717) is 0 Å². The summed E-state index contributed by atoms with van der Waals surface area (Å²) in [5, 5.41) is 2.43. The summed E-state index contributed by atoms with van der Waals surface area (Å²) in [6.45, 7) is 0. The minimum absolute atomic E-state index is 0.0939. The molecule has 0 saturated carbocycles. The number of hydrogen-bond acceptors (Lipinski definition) is 3. The van der Waals surface area contributed by atoms with E-state index in [2.05, 4.69) is 30.3 Å². The third-order valence-corrected chi connectivity index (χ3v) is 10.5. The third kappa shape index (κ3) is 3.04. The van der Waals surface area contributed by atoms with Gasteiger partial charge in [-0.05, 0) is 34.7 Å². The molecule has 0 aliphatic heterocycles. The zero-order valence-corrected chi connectivity index (χ0v) is 19.8. The Hall–Kier alpha value is -3.42. The molecule has 4 aromatic carbocycles. The minimum atomic E-state index is -3.10. The van der Waals surface area contributed by atoms with Gasteiger partial charge in [-0.15, -0.1) is 0 Å². The van der Waals surface area contributed by atoms with Crippen molar-refractivity contribution in [2.75, 3.05) is 7.11 Å². The predicted molar refractivity (Wildman–Crippen MR) is 136 cm³/mol. The Morgan fingerprint density at radius 3 is 1.88 bits per heavy atom. The zero-order valence-electron chi connectivity index (χ0n) is 18.9. The molecule has 3 atom stereocenters. The fourth-order valence-electron chi connectivity index (χ4n) is 5.98. The number of methoxy groups -OCH3 is 1. The molecule has 3 aliphatic rings. The Labute approximate surface area is 199 Å². The maximum atomic E-state index is 14.9. The molecular formula is C30H25O3P. The van der Waals surface area contributed by atoms with Crippen molar-refractivity contribution in [1.82, 2.24) is 0 Å². The second-order valence-corrected chi connectivity index (χ2v) is 11.9. The van der Waals surface area contributed by atoms with E-state index in [-0.39, 0.29) is 23.7 Å². The van der Waals surface area contributed by atoms with Crippen LogP contribution in [-0.2, 0) is 14.1 Å². The highest BCUT2D eigenvalue weighted by Gasteiger charge is 2.47. The van der Waals surface area contributed by atoms with Gasteiger partial charge in [0.2, 0.25) is 0 Å². The first-order valence-corrected chi connectivity index (χ1v) is 13.4. The predicted octanol–water partition coefficient (Wildman–Crippen LogP) is 5.10. The van der Waals surface area contributed by atoms with Gasteiger partial charge in [0.1, 0.15) is 0 Å². The maximum absolute atomic E-state index is 14.9. The topological polar surface area (TPSA) is 43.4 Å². The van der Waals surface area contributed by atoms with Crippen molar-refractivity contribution >= 4 is 29.0 Å². The number of carbonyl (C=O) groups excluding carboxylic acids is 1. The van der Waals surface area contributed by atoms with E-state index in [4.69, 9.17) is 4.74 Å². The van der Waals surface area contributed by atoms with Gasteiger partial charge >= 0.3 is 5.97 Å². The van der Waals surface area contributed by atoms with E-state index < -0.39 is 7.14 Å². The Balaban J connectivity index is 1.58. The summed E-state index contributed by atoms with van der Waals surface area (Å²) < 4.78 is 20.2. The second-order valence-electron chi connectivity index (χ2n) is 9.12. The van der Waals surface area contributed by atoms with Gasteiger partial charge < -0.3 is 9.30 Å². The standard InChI is InChI=1S/C30H25O3P/c1-33-30(31)28-19-26-23-14-8-9-15-25(23)29(28)27-18-22(16-17-24(26)27)34(32,20-10-4-2-5-11-20)21-12-6-3-7-13-21/h2-18,26,28-29H,19H2,1H3/t26-,28-,29+/m0/s1. The smallest absolute Gasteiger partial charge is 0.309 e. The molecule has 2 bridgehead atoms. The highest BCUT2D eigenvalue weighted by molar-refractivity contribution is 7.85. The Morgan fingerprint density at radius 1 is 0.706 bits per heavy atom. The molecule has 7 rings (SSSR count). The van der Waals surface area contributed by atoms with Crippen LogP contribution < -0.4 is 15.9 Å². The third-order valence-electron chi connectivity index (χ3n) is 7.49. The number of fused-ring (bicyclic) bond motifs is 1. The molecule has 0 radical (unpaired) electrons. The van der Waals surface area contributed by atoms with E-state index in [0.717, 1.165) is 27.9 Å². The van der Waals surface area contributed by atoms with Crippen LogP contribution in [0.5, 0.6) is 0 Å². The molecule has 0 unspecified atom stereocenters. The largest absolute Gasteiger partial charge is 0.469 e. The Kier molecular flexibility index (Phi) is 5.04. The summed E-state index contributed by atoms with van der Waals surface area (Å²) in [5.41, 5.74) is 4.82. The molecule has 3 aliphatic carbocycles. The molecular weight excluding hydrogens is 439 g/mol. The van der Waals surface area contributed by atoms with Gasteiger partial charge in [0.25, 0.3) is 0 Å². The average molecular weight is 465 g/mol. The van der Waals surface area contributed by atoms with Gasteiger partial charge in [-0.25, -0.2) is 0 Å². The highest BCUT2D eigenvalue weighted by Crippen LogP contribution is 2.56. The van der Waals surface area contributed by atoms with Gasteiger partial charge in [-0.3, -0.25) is 4.79 Å². The minimum Gasteiger partial charge on any atom is -0.469 e. The van der Waals surface area contributed by atoms with Crippen LogP contribution in [-0.4, -0.2) is 13.1 Å². The normalized spacial score (nSPS) is 20.3. The Bertz CT molecular complexity index is 1380. The number of hydrogen-bond donors (Lipinski definition) is 0. The molecule has 0 saturated heterocycles. The van der Waals surface area contributed by atoms with Crippen molar-refractivity contribution in [3.63, 3.8) is 0 Å². The lowest BCUT2D eigenvalue weighted by atomic mass is 9.59. The quantitative estimate of drug-likeness (QED) is 0.312. The van der Waals surface area contributed by atoms with Crippen LogP contribution in [0, 0.1) is 5.92 Å². The molecule has 0 amide bonds. The molecule has 0 fully saturated rings. The summed E-state index contributed by atoms with van der Waals surface area (Å²) in [4.78, 5) is 12.8. The van der Waals surface area contributed by atoms with E-state index in [1.807, 2.05) is 72.8 Å². The van der Waals surface area contributed by atoms with E-state index in [1.165, 1.54) is 23.8 Å². The fraction of sp³-hybridized carbons (Fsp3) is 0.167. The second kappa shape index (κ2) is 8.11. The van der Waals surface area contributed by atoms with Gasteiger partial charge in [-0.2, -0.15) is 0 Å². The molecule has 34 heavy (non-hydrogen) atoms. The lowest BCUT2D eigenvalue weighted by Crippen LogP contribution is -2.38. The van der Waals surface area contributed by atoms with E-state index >= 15 is 0 Å². The van der Waals surface area contributed by atoms with Crippen molar-refractivity contribution in [2.24, 2.45) is 5.92 Å². The maximum Gasteiger partial charge on any atom is 0.309 e. The van der Waals surface area contributed by atoms with Crippen molar-refractivity contribution in [3.05, 3.63) is 125 Å². The Morgan fingerprint density at radius 2 is 1.26 bits per heavy atom.